The average molecular weight is 545 g/mol. The number of hydrogen-bond donors (Lipinski definition) is 2. The second-order valence-electron chi connectivity index (χ2n) is 8.43. The summed E-state index contributed by atoms with van der Waals surface area (Å²) in [5.74, 6) is -1.15. The Morgan fingerprint density at radius 2 is 1.68 bits per heavy atom. The Labute approximate surface area is 221 Å². The number of nitrogens with zero attached hydrogens (tertiary/aromatic N) is 5. The van der Waals surface area contributed by atoms with E-state index in [1.165, 1.54) is 5.56 Å². The Morgan fingerprint density at radius 1 is 0.974 bits per heavy atom. The fraction of sp³-hybridized carbons (Fsp3) is 0.231. The summed E-state index contributed by atoms with van der Waals surface area (Å²) in [4.78, 5) is 27.8. The Morgan fingerprint density at radius 3 is 2.34 bits per heavy atom. The molecule has 3 heterocycles. The molecule has 2 aromatic carbocycles. The zero-order valence-corrected chi connectivity index (χ0v) is 20.8. The number of hydrogen-bond acceptors (Lipinski definition) is 7. The minimum Gasteiger partial charge on any atom is -0.475 e. The normalized spacial score (nSPS) is 14.1. The lowest BCUT2D eigenvalue weighted by molar-refractivity contribution is -0.192. The van der Waals surface area contributed by atoms with E-state index in [-0.39, 0.29) is 0 Å². The quantitative estimate of drug-likeness (QED) is 0.346. The molecule has 0 amide bonds. The Hall–Kier alpha value is -3.96. The maximum Gasteiger partial charge on any atom is 0.490 e. The number of benzene rings is 2. The van der Waals surface area contributed by atoms with E-state index >= 15 is 0 Å². The molecule has 0 saturated carbocycles. The molecule has 1 saturated heterocycles. The number of carboxylic acids is 1. The van der Waals surface area contributed by atoms with Crippen LogP contribution in [0.25, 0.3) is 11.2 Å². The van der Waals surface area contributed by atoms with E-state index < -0.39 is 12.1 Å². The summed E-state index contributed by atoms with van der Waals surface area (Å²) in [6.45, 7) is 4.53. The molecule has 12 heteroatoms. The number of aliphatic carboxylic acids is 1. The fourth-order valence-electron chi connectivity index (χ4n) is 3.86. The van der Waals surface area contributed by atoms with Crippen LogP contribution in [0.2, 0.25) is 5.02 Å². The lowest BCUT2D eigenvalue weighted by atomic mass is 10.2. The molecule has 198 valence electrons. The van der Waals surface area contributed by atoms with E-state index in [0.717, 1.165) is 60.6 Å². The number of alkyl halides is 3. The van der Waals surface area contributed by atoms with Gasteiger partial charge in [0.05, 0.1) is 0 Å². The molecule has 0 atom stereocenters. The summed E-state index contributed by atoms with van der Waals surface area (Å²) in [6, 6.07) is 22.0. The van der Waals surface area contributed by atoms with Gasteiger partial charge in [0.25, 0.3) is 0 Å². The van der Waals surface area contributed by atoms with Gasteiger partial charge in [0, 0.05) is 49.6 Å². The molecule has 1 fully saturated rings. The largest absolute Gasteiger partial charge is 0.490 e. The second kappa shape index (κ2) is 12.1. The van der Waals surface area contributed by atoms with Gasteiger partial charge in [0.1, 0.15) is 5.52 Å². The van der Waals surface area contributed by atoms with Crippen LogP contribution in [0.15, 0.2) is 72.9 Å². The molecule has 4 aromatic rings. The molecule has 0 bridgehead atoms. The molecule has 1 aliphatic rings. The van der Waals surface area contributed by atoms with Crippen molar-refractivity contribution in [3.63, 3.8) is 0 Å². The SMILES string of the molecule is Clc1cccc(CN2CCN(c3nc4ncccc4nc3Nc3ccccc3)CC2)c1.O=C(O)C(F)(F)F. The van der Waals surface area contributed by atoms with E-state index in [4.69, 9.17) is 31.5 Å². The smallest absolute Gasteiger partial charge is 0.475 e. The van der Waals surface area contributed by atoms with Crippen LogP contribution >= 0.6 is 11.6 Å². The van der Waals surface area contributed by atoms with Gasteiger partial charge in [-0.1, -0.05) is 41.9 Å². The molecule has 0 radical (unpaired) electrons. The zero-order valence-electron chi connectivity index (χ0n) is 20.1. The van der Waals surface area contributed by atoms with Crippen molar-refractivity contribution in [1.82, 2.24) is 19.9 Å². The highest BCUT2D eigenvalue weighted by Crippen LogP contribution is 2.28. The van der Waals surface area contributed by atoms with Crippen LogP contribution in [0.1, 0.15) is 5.56 Å². The first kappa shape index (κ1) is 27.1. The van der Waals surface area contributed by atoms with E-state index in [0.29, 0.717) is 5.65 Å². The van der Waals surface area contributed by atoms with Crippen LogP contribution in [0.5, 0.6) is 0 Å². The van der Waals surface area contributed by atoms with Crippen LogP contribution in [0.3, 0.4) is 0 Å². The van der Waals surface area contributed by atoms with Gasteiger partial charge in [0.2, 0.25) is 0 Å². The molecule has 38 heavy (non-hydrogen) atoms. The molecule has 5 rings (SSSR count). The van der Waals surface area contributed by atoms with Crippen molar-refractivity contribution >= 4 is 46.1 Å². The number of pyridine rings is 1. The van der Waals surface area contributed by atoms with E-state index in [2.05, 4.69) is 26.2 Å². The first-order valence-corrected chi connectivity index (χ1v) is 12.0. The van der Waals surface area contributed by atoms with Crippen molar-refractivity contribution in [2.24, 2.45) is 0 Å². The van der Waals surface area contributed by atoms with Gasteiger partial charge >= 0.3 is 12.1 Å². The van der Waals surface area contributed by atoms with Crippen molar-refractivity contribution in [2.75, 3.05) is 36.4 Å². The van der Waals surface area contributed by atoms with Crippen molar-refractivity contribution in [3.05, 3.63) is 83.5 Å². The molecule has 0 spiro atoms. The highest BCUT2D eigenvalue weighted by Gasteiger charge is 2.38. The van der Waals surface area contributed by atoms with Crippen LogP contribution in [-0.4, -0.2) is 63.3 Å². The lowest BCUT2D eigenvalue weighted by Crippen LogP contribution is -2.46. The number of para-hydroxylation sites is 1. The van der Waals surface area contributed by atoms with Crippen molar-refractivity contribution in [1.29, 1.82) is 0 Å². The van der Waals surface area contributed by atoms with Crippen LogP contribution < -0.4 is 10.2 Å². The van der Waals surface area contributed by atoms with E-state index in [1.807, 2.05) is 60.7 Å². The minimum atomic E-state index is -5.08. The number of fused-ring (bicyclic) bond motifs is 1. The molecule has 1 aliphatic heterocycles. The maximum absolute atomic E-state index is 10.6. The molecule has 8 nitrogen and oxygen atoms in total. The van der Waals surface area contributed by atoms with Crippen LogP contribution in [0, 0.1) is 0 Å². The first-order chi connectivity index (χ1) is 18.2. The van der Waals surface area contributed by atoms with Gasteiger partial charge in [-0.25, -0.2) is 19.7 Å². The number of halogens is 4. The number of carbonyl (C=O) groups is 1. The average Bonchev–Trinajstić information content (AvgIpc) is 2.89. The van der Waals surface area contributed by atoms with Crippen molar-refractivity contribution < 1.29 is 23.1 Å². The maximum atomic E-state index is 10.6. The summed E-state index contributed by atoms with van der Waals surface area (Å²) >= 11 is 6.14. The summed E-state index contributed by atoms with van der Waals surface area (Å²) < 4.78 is 31.7. The standard InChI is InChI=1S/C24H23ClN6.C2HF3O2/c25-19-7-4-6-18(16-19)17-30-12-14-31(15-13-30)24-23(27-20-8-2-1-3-9-20)28-21-10-5-11-26-22(21)29-24;3-2(4,5)1(6)7/h1-11,16H,12-15,17H2,(H,27,28);(H,6,7). The minimum absolute atomic E-state index is 0.664. The fourth-order valence-corrected chi connectivity index (χ4v) is 4.07. The highest BCUT2D eigenvalue weighted by atomic mass is 35.5. The molecular weight excluding hydrogens is 521 g/mol. The Kier molecular flexibility index (Phi) is 8.59. The molecule has 0 unspecified atom stereocenters. The lowest BCUT2D eigenvalue weighted by Gasteiger charge is -2.36. The van der Waals surface area contributed by atoms with Gasteiger partial charge in [0.15, 0.2) is 17.3 Å². The zero-order chi connectivity index (χ0) is 27.1. The van der Waals surface area contributed by atoms with Gasteiger partial charge < -0.3 is 15.3 Å². The number of piperazine rings is 1. The summed E-state index contributed by atoms with van der Waals surface area (Å²) in [7, 11) is 0. The molecule has 0 aliphatic carbocycles. The van der Waals surface area contributed by atoms with Crippen LogP contribution in [0.4, 0.5) is 30.5 Å². The van der Waals surface area contributed by atoms with Gasteiger partial charge in [-0.3, -0.25) is 4.90 Å². The topological polar surface area (TPSA) is 94.5 Å². The number of nitrogens with one attached hydrogen (secondary N) is 1. The third-order valence-electron chi connectivity index (χ3n) is 5.67. The summed E-state index contributed by atoms with van der Waals surface area (Å²) in [5, 5.41) is 11.4. The van der Waals surface area contributed by atoms with Crippen LogP contribution in [-0.2, 0) is 11.3 Å². The Bertz CT molecular complexity index is 1380. The predicted octanol–water partition coefficient (Wildman–Crippen LogP) is 5.38. The van der Waals surface area contributed by atoms with E-state index in [1.54, 1.807) is 6.20 Å². The Balaban J connectivity index is 0.000000426. The molecule has 2 aromatic heterocycles. The summed E-state index contributed by atoms with van der Waals surface area (Å²) in [5.41, 5.74) is 3.67. The monoisotopic (exact) mass is 544 g/mol. The summed E-state index contributed by atoms with van der Waals surface area (Å²) in [6.07, 6.45) is -3.33. The van der Waals surface area contributed by atoms with Gasteiger partial charge in [-0.05, 0) is 42.0 Å². The number of rotatable bonds is 5. The van der Waals surface area contributed by atoms with Gasteiger partial charge in [-0.2, -0.15) is 13.2 Å². The number of aromatic nitrogens is 3. The highest BCUT2D eigenvalue weighted by molar-refractivity contribution is 6.30. The van der Waals surface area contributed by atoms with Crippen molar-refractivity contribution in [3.8, 4) is 0 Å². The molecule has 2 N–H and O–H groups in total. The van der Waals surface area contributed by atoms with Gasteiger partial charge in [-0.15, -0.1) is 0 Å². The third-order valence-corrected chi connectivity index (χ3v) is 5.90. The number of anilines is 3. The molecular formula is C26H24ClF3N6O2. The third kappa shape index (κ3) is 7.30. The van der Waals surface area contributed by atoms with E-state index in [9.17, 15) is 13.2 Å². The number of carboxylic acid groups (broad SMARTS) is 1. The predicted molar refractivity (Wildman–Crippen MR) is 140 cm³/mol. The van der Waals surface area contributed by atoms with Crippen molar-refractivity contribution in [2.45, 2.75) is 12.7 Å². The second-order valence-corrected chi connectivity index (χ2v) is 8.87. The first-order valence-electron chi connectivity index (χ1n) is 11.7.